The Morgan fingerprint density at radius 2 is 1.65 bits per heavy atom. The van der Waals surface area contributed by atoms with Gasteiger partial charge in [0.1, 0.15) is 11.9 Å². The van der Waals surface area contributed by atoms with Gasteiger partial charge in [0.2, 0.25) is 0 Å². The third-order valence-electron chi connectivity index (χ3n) is 2.94. The number of phenols is 1. The van der Waals surface area contributed by atoms with Crippen LogP contribution < -0.4 is 5.73 Å². The lowest BCUT2D eigenvalue weighted by Gasteiger charge is -2.17. The average molecular weight is 283 g/mol. The normalized spacial score (nSPS) is 13.2. The molecule has 0 heterocycles. The van der Waals surface area contributed by atoms with E-state index in [2.05, 4.69) is 0 Å². The van der Waals surface area contributed by atoms with Crippen molar-refractivity contribution in [2.45, 2.75) is 12.3 Å². The maximum atomic E-state index is 12.7. The third-order valence-corrected chi connectivity index (χ3v) is 2.94. The molecule has 20 heavy (non-hydrogen) atoms. The summed E-state index contributed by atoms with van der Waals surface area (Å²) in [5.41, 5.74) is 4.73. The van der Waals surface area contributed by atoms with Crippen LogP contribution in [0.4, 0.5) is 18.9 Å². The number of phenolic OH excluding ortho intramolecular Hbond substituents is 1. The molecule has 0 aromatic heterocycles. The Hall–Kier alpha value is -2.21. The van der Waals surface area contributed by atoms with Gasteiger partial charge in [-0.25, -0.2) is 0 Å². The lowest BCUT2D eigenvalue weighted by molar-refractivity contribution is -0.137. The first kappa shape index (κ1) is 14.2. The van der Waals surface area contributed by atoms with E-state index >= 15 is 0 Å². The minimum atomic E-state index is -4.53. The van der Waals surface area contributed by atoms with Crippen molar-refractivity contribution in [3.63, 3.8) is 0 Å². The van der Waals surface area contributed by atoms with Gasteiger partial charge >= 0.3 is 6.18 Å². The molecule has 3 nitrogen and oxygen atoms in total. The average Bonchev–Trinajstić information content (AvgIpc) is 2.37. The van der Waals surface area contributed by atoms with E-state index in [0.717, 1.165) is 18.2 Å². The van der Waals surface area contributed by atoms with Crippen molar-refractivity contribution in [3.8, 4) is 5.75 Å². The second-order valence-electron chi connectivity index (χ2n) is 4.30. The van der Waals surface area contributed by atoms with Crippen LogP contribution in [0, 0.1) is 0 Å². The van der Waals surface area contributed by atoms with Crippen LogP contribution in [0.5, 0.6) is 5.75 Å². The van der Waals surface area contributed by atoms with E-state index in [1.54, 1.807) is 12.1 Å². The molecule has 2 aromatic rings. The molecule has 4 N–H and O–H groups in total. The summed E-state index contributed by atoms with van der Waals surface area (Å²) in [5.74, 6) is -0.211. The van der Waals surface area contributed by atoms with Gasteiger partial charge in [-0.2, -0.15) is 13.2 Å². The zero-order valence-electron chi connectivity index (χ0n) is 10.2. The molecule has 2 aromatic carbocycles. The second kappa shape index (κ2) is 5.05. The van der Waals surface area contributed by atoms with E-state index in [-0.39, 0.29) is 22.6 Å². The number of alkyl halides is 3. The molecule has 1 atom stereocenters. The third kappa shape index (κ3) is 2.70. The standard InChI is InChI=1S/C14H12F3NO2/c15-14(16,17)8-5-6-11(18)10(7-8)13(20)9-3-1-2-4-12(9)19/h1-7,13,19-20H,18H2. The molecule has 0 aliphatic rings. The van der Waals surface area contributed by atoms with E-state index < -0.39 is 17.8 Å². The predicted octanol–water partition coefficient (Wildman–Crippen LogP) is 3.07. The van der Waals surface area contributed by atoms with Gasteiger partial charge in [-0.1, -0.05) is 18.2 Å². The van der Waals surface area contributed by atoms with E-state index in [9.17, 15) is 23.4 Å². The van der Waals surface area contributed by atoms with Crippen molar-refractivity contribution in [1.29, 1.82) is 0 Å². The molecule has 0 radical (unpaired) electrons. The number of aromatic hydroxyl groups is 1. The van der Waals surface area contributed by atoms with Crippen molar-refractivity contribution < 1.29 is 23.4 Å². The number of rotatable bonds is 2. The number of aliphatic hydroxyl groups is 1. The van der Waals surface area contributed by atoms with Crippen molar-refractivity contribution in [3.05, 3.63) is 59.2 Å². The summed E-state index contributed by atoms with van der Waals surface area (Å²) in [6, 6.07) is 8.56. The highest BCUT2D eigenvalue weighted by molar-refractivity contribution is 5.54. The molecular weight excluding hydrogens is 271 g/mol. The van der Waals surface area contributed by atoms with Gasteiger partial charge in [0.25, 0.3) is 0 Å². The quantitative estimate of drug-likeness (QED) is 0.742. The van der Waals surface area contributed by atoms with Gasteiger partial charge in [0.15, 0.2) is 0 Å². The van der Waals surface area contributed by atoms with Gasteiger partial charge in [0.05, 0.1) is 5.56 Å². The molecule has 0 aliphatic heterocycles. The van der Waals surface area contributed by atoms with Crippen LogP contribution in [0.1, 0.15) is 22.8 Å². The molecule has 6 heteroatoms. The zero-order valence-corrected chi connectivity index (χ0v) is 10.2. The Kier molecular flexibility index (Phi) is 3.59. The molecule has 0 bridgehead atoms. The van der Waals surface area contributed by atoms with Crippen molar-refractivity contribution in [2.24, 2.45) is 0 Å². The fourth-order valence-electron chi connectivity index (χ4n) is 1.87. The molecule has 0 fully saturated rings. The monoisotopic (exact) mass is 283 g/mol. The summed E-state index contributed by atoms with van der Waals surface area (Å²) in [5, 5.41) is 19.8. The number of halogens is 3. The number of benzene rings is 2. The SMILES string of the molecule is Nc1ccc(C(F)(F)F)cc1C(O)c1ccccc1O. The van der Waals surface area contributed by atoms with Gasteiger partial charge in [0, 0.05) is 16.8 Å². The fourth-order valence-corrected chi connectivity index (χ4v) is 1.87. The summed E-state index contributed by atoms with van der Waals surface area (Å²) >= 11 is 0. The molecule has 0 saturated carbocycles. The molecule has 1 unspecified atom stereocenters. The summed E-state index contributed by atoms with van der Waals surface area (Å²) in [6.45, 7) is 0. The predicted molar refractivity (Wildman–Crippen MR) is 68.0 cm³/mol. The van der Waals surface area contributed by atoms with Crippen LogP contribution >= 0.6 is 0 Å². The Morgan fingerprint density at radius 3 is 2.25 bits per heavy atom. The molecule has 0 amide bonds. The summed E-state index contributed by atoms with van der Waals surface area (Å²) in [6.07, 6.45) is -5.96. The van der Waals surface area contributed by atoms with Crippen molar-refractivity contribution >= 4 is 5.69 Å². The lowest BCUT2D eigenvalue weighted by atomic mass is 9.97. The first-order chi connectivity index (χ1) is 9.30. The number of aliphatic hydroxyl groups excluding tert-OH is 1. The number of hydrogen-bond donors (Lipinski definition) is 3. The summed E-state index contributed by atoms with van der Waals surface area (Å²) in [4.78, 5) is 0. The van der Waals surface area contributed by atoms with Gasteiger partial charge in [-0.15, -0.1) is 0 Å². The van der Waals surface area contributed by atoms with Crippen LogP contribution in [0.15, 0.2) is 42.5 Å². The zero-order chi connectivity index (χ0) is 14.9. The first-order valence-electron chi connectivity index (χ1n) is 5.73. The van der Waals surface area contributed by atoms with E-state index in [1.807, 2.05) is 0 Å². The van der Waals surface area contributed by atoms with Crippen molar-refractivity contribution in [1.82, 2.24) is 0 Å². The number of nitrogen functional groups attached to an aromatic ring is 1. The number of nitrogens with two attached hydrogens (primary N) is 1. The lowest BCUT2D eigenvalue weighted by Crippen LogP contribution is -2.10. The Bertz CT molecular complexity index is 626. The summed E-state index contributed by atoms with van der Waals surface area (Å²) in [7, 11) is 0. The largest absolute Gasteiger partial charge is 0.508 e. The van der Waals surface area contributed by atoms with E-state index in [4.69, 9.17) is 5.73 Å². The molecule has 0 spiro atoms. The van der Waals surface area contributed by atoms with E-state index in [1.165, 1.54) is 12.1 Å². The van der Waals surface area contributed by atoms with Gasteiger partial charge in [-0.05, 0) is 24.3 Å². The number of para-hydroxylation sites is 1. The molecule has 0 aliphatic carbocycles. The van der Waals surface area contributed by atoms with E-state index in [0.29, 0.717) is 0 Å². The molecule has 106 valence electrons. The summed E-state index contributed by atoms with van der Waals surface area (Å²) < 4.78 is 38.0. The van der Waals surface area contributed by atoms with Gasteiger partial charge < -0.3 is 15.9 Å². The second-order valence-corrected chi connectivity index (χ2v) is 4.30. The minimum Gasteiger partial charge on any atom is -0.508 e. The highest BCUT2D eigenvalue weighted by Crippen LogP contribution is 2.36. The van der Waals surface area contributed by atoms with Crippen LogP contribution in [0.2, 0.25) is 0 Å². The maximum absolute atomic E-state index is 12.7. The Balaban J connectivity index is 2.50. The molecule has 0 saturated heterocycles. The molecule has 2 rings (SSSR count). The fraction of sp³-hybridized carbons (Fsp3) is 0.143. The number of hydrogen-bond acceptors (Lipinski definition) is 3. The van der Waals surface area contributed by atoms with Gasteiger partial charge in [-0.3, -0.25) is 0 Å². The van der Waals surface area contributed by atoms with Crippen LogP contribution in [0.3, 0.4) is 0 Å². The highest BCUT2D eigenvalue weighted by atomic mass is 19.4. The molecular formula is C14H12F3NO2. The Labute approximate surface area is 113 Å². The van der Waals surface area contributed by atoms with Crippen LogP contribution in [-0.2, 0) is 6.18 Å². The first-order valence-corrected chi connectivity index (χ1v) is 5.73. The van der Waals surface area contributed by atoms with Crippen LogP contribution in [-0.4, -0.2) is 10.2 Å². The topological polar surface area (TPSA) is 66.5 Å². The maximum Gasteiger partial charge on any atom is 0.416 e. The smallest absolute Gasteiger partial charge is 0.416 e. The number of anilines is 1. The van der Waals surface area contributed by atoms with Crippen LogP contribution in [0.25, 0.3) is 0 Å². The highest BCUT2D eigenvalue weighted by Gasteiger charge is 2.31. The Morgan fingerprint density at radius 1 is 1.00 bits per heavy atom. The van der Waals surface area contributed by atoms with Crippen molar-refractivity contribution in [2.75, 3.05) is 5.73 Å². The minimum absolute atomic E-state index is 0.0220.